The van der Waals surface area contributed by atoms with E-state index in [0.717, 1.165) is 40.2 Å². The Morgan fingerprint density at radius 1 is 1.13 bits per heavy atom. The second-order valence-corrected chi connectivity index (χ2v) is 6.32. The lowest BCUT2D eigenvalue weighted by Gasteiger charge is -2.07. The lowest BCUT2D eigenvalue weighted by atomic mass is 10.1. The number of fused-ring (bicyclic) bond motifs is 1. The van der Waals surface area contributed by atoms with Crippen LogP contribution >= 0.6 is 15.9 Å². The van der Waals surface area contributed by atoms with E-state index < -0.39 is 0 Å². The minimum atomic E-state index is 0.619. The van der Waals surface area contributed by atoms with Gasteiger partial charge >= 0.3 is 0 Å². The molecule has 3 aromatic rings. The fraction of sp³-hybridized carbons (Fsp3) is 0.111. The van der Waals surface area contributed by atoms with E-state index in [4.69, 9.17) is 5.10 Å². The molecule has 0 atom stereocenters. The highest BCUT2D eigenvalue weighted by Gasteiger charge is 2.24. The van der Waals surface area contributed by atoms with Gasteiger partial charge in [0.15, 0.2) is 0 Å². The summed E-state index contributed by atoms with van der Waals surface area (Å²) in [6.45, 7) is 0.894. The van der Waals surface area contributed by atoms with Crippen LogP contribution in [-0.2, 0) is 6.42 Å². The number of benzene rings is 2. The Hall–Kier alpha value is -2.58. The molecule has 0 amide bonds. The first-order valence-electron chi connectivity index (χ1n) is 7.39. The maximum absolute atomic E-state index is 9.37. The first-order valence-corrected chi connectivity index (χ1v) is 8.18. The third-order valence-electron chi connectivity index (χ3n) is 4.02. The minimum absolute atomic E-state index is 0.619. The standard InChI is InChI=1S/C18H13BrN4/c19-14-7-5-12(6-8-14)17-15-9-10-21-18(15)23(22-17)16-4-2-1-3-13(16)11-20/h1-8,21H,9-10H2. The molecule has 4 nitrogen and oxygen atoms in total. The van der Waals surface area contributed by atoms with E-state index in [9.17, 15) is 5.26 Å². The second kappa shape index (κ2) is 5.56. The van der Waals surface area contributed by atoms with Crippen LogP contribution in [0.2, 0.25) is 0 Å². The van der Waals surface area contributed by atoms with Crippen LogP contribution in [0.3, 0.4) is 0 Å². The van der Waals surface area contributed by atoms with Crippen LogP contribution in [0.1, 0.15) is 11.1 Å². The molecule has 1 aliphatic rings. The van der Waals surface area contributed by atoms with Crippen molar-refractivity contribution in [3.05, 3.63) is 64.1 Å². The number of rotatable bonds is 2. The smallest absolute Gasteiger partial charge is 0.133 e. The van der Waals surface area contributed by atoms with Crippen molar-refractivity contribution in [3.63, 3.8) is 0 Å². The molecule has 2 aromatic carbocycles. The van der Waals surface area contributed by atoms with Gasteiger partial charge < -0.3 is 5.32 Å². The van der Waals surface area contributed by atoms with Gasteiger partial charge in [0.1, 0.15) is 11.9 Å². The molecule has 2 heterocycles. The predicted molar refractivity (Wildman–Crippen MR) is 93.6 cm³/mol. The van der Waals surface area contributed by atoms with E-state index in [-0.39, 0.29) is 0 Å². The summed E-state index contributed by atoms with van der Waals surface area (Å²) in [5.41, 5.74) is 4.70. The molecular formula is C18H13BrN4. The topological polar surface area (TPSA) is 53.6 Å². The van der Waals surface area contributed by atoms with Gasteiger partial charge in [-0.25, -0.2) is 4.68 Å². The van der Waals surface area contributed by atoms with Crippen LogP contribution in [0.5, 0.6) is 0 Å². The predicted octanol–water partition coefficient (Wildman–Crippen LogP) is 4.14. The highest BCUT2D eigenvalue weighted by molar-refractivity contribution is 9.10. The number of nitrogens with one attached hydrogen (secondary N) is 1. The summed E-state index contributed by atoms with van der Waals surface area (Å²) in [6.07, 6.45) is 0.940. The van der Waals surface area contributed by atoms with E-state index in [1.807, 2.05) is 41.1 Å². The number of aromatic nitrogens is 2. The van der Waals surface area contributed by atoms with E-state index in [1.54, 1.807) is 0 Å². The van der Waals surface area contributed by atoms with Crippen LogP contribution < -0.4 is 5.32 Å². The molecule has 0 saturated heterocycles. The number of nitriles is 1. The molecule has 0 fully saturated rings. The van der Waals surface area contributed by atoms with Crippen molar-refractivity contribution in [3.8, 4) is 23.0 Å². The van der Waals surface area contributed by atoms with E-state index in [2.05, 4.69) is 39.4 Å². The van der Waals surface area contributed by atoms with E-state index >= 15 is 0 Å². The van der Waals surface area contributed by atoms with Gasteiger partial charge in [-0.15, -0.1) is 0 Å². The SMILES string of the molecule is N#Cc1ccccc1-n1nc(-c2ccc(Br)cc2)c2c1NCC2. The lowest BCUT2D eigenvalue weighted by molar-refractivity contribution is 0.879. The molecule has 112 valence electrons. The van der Waals surface area contributed by atoms with Gasteiger partial charge in [0.25, 0.3) is 0 Å². The quantitative estimate of drug-likeness (QED) is 0.743. The summed E-state index contributed by atoms with van der Waals surface area (Å²) in [4.78, 5) is 0. The molecule has 4 rings (SSSR count). The van der Waals surface area contributed by atoms with Gasteiger partial charge in [-0.3, -0.25) is 0 Å². The van der Waals surface area contributed by atoms with Crippen molar-refractivity contribution in [1.82, 2.24) is 9.78 Å². The molecule has 1 aliphatic heterocycles. The van der Waals surface area contributed by atoms with Crippen molar-refractivity contribution in [1.29, 1.82) is 5.26 Å². The number of para-hydroxylation sites is 1. The summed E-state index contributed by atoms with van der Waals surface area (Å²) < 4.78 is 2.91. The molecule has 0 bridgehead atoms. The molecule has 0 radical (unpaired) electrons. The normalized spacial score (nSPS) is 12.5. The number of nitrogens with zero attached hydrogens (tertiary/aromatic N) is 3. The molecule has 5 heteroatoms. The Kier molecular flexibility index (Phi) is 3.40. The molecule has 0 saturated carbocycles. The van der Waals surface area contributed by atoms with Crippen LogP contribution in [0.4, 0.5) is 5.82 Å². The summed E-state index contributed by atoms with van der Waals surface area (Å²) in [6, 6.07) is 18.0. The molecule has 23 heavy (non-hydrogen) atoms. The van der Waals surface area contributed by atoms with Crippen LogP contribution in [0, 0.1) is 11.3 Å². The lowest BCUT2D eigenvalue weighted by Crippen LogP contribution is -2.05. The zero-order chi connectivity index (χ0) is 15.8. The molecular weight excluding hydrogens is 352 g/mol. The Morgan fingerprint density at radius 2 is 1.91 bits per heavy atom. The Bertz CT molecular complexity index is 919. The average Bonchev–Trinajstić information content (AvgIpc) is 3.18. The van der Waals surface area contributed by atoms with Gasteiger partial charge in [-0.05, 0) is 30.7 Å². The summed E-state index contributed by atoms with van der Waals surface area (Å²) in [5, 5.41) is 17.6. The van der Waals surface area contributed by atoms with Crippen molar-refractivity contribution < 1.29 is 0 Å². The summed E-state index contributed by atoms with van der Waals surface area (Å²) in [5.74, 6) is 0.991. The molecule has 1 N–H and O–H groups in total. The van der Waals surface area contributed by atoms with Crippen molar-refractivity contribution in [2.45, 2.75) is 6.42 Å². The molecule has 0 spiro atoms. The highest BCUT2D eigenvalue weighted by Crippen LogP contribution is 2.35. The fourth-order valence-electron chi connectivity index (χ4n) is 2.94. The maximum atomic E-state index is 9.37. The minimum Gasteiger partial charge on any atom is -0.369 e. The maximum Gasteiger partial charge on any atom is 0.133 e. The van der Waals surface area contributed by atoms with Gasteiger partial charge in [0.05, 0.1) is 16.9 Å². The monoisotopic (exact) mass is 364 g/mol. The number of anilines is 1. The van der Waals surface area contributed by atoms with Crippen molar-refractivity contribution in [2.75, 3.05) is 11.9 Å². The Morgan fingerprint density at radius 3 is 2.70 bits per heavy atom. The van der Waals surface area contributed by atoms with E-state index in [0.29, 0.717) is 5.56 Å². The van der Waals surface area contributed by atoms with E-state index in [1.165, 1.54) is 5.56 Å². The second-order valence-electron chi connectivity index (χ2n) is 5.40. The number of hydrogen-bond acceptors (Lipinski definition) is 3. The van der Waals surface area contributed by atoms with Crippen LogP contribution in [-0.4, -0.2) is 16.3 Å². The van der Waals surface area contributed by atoms with Gasteiger partial charge in [0.2, 0.25) is 0 Å². The molecule has 0 aliphatic carbocycles. The van der Waals surface area contributed by atoms with Gasteiger partial charge in [-0.2, -0.15) is 10.4 Å². The first kappa shape index (κ1) is 14.0. The Labute approximate surface area is 142 Å². The third kappa shape index (κ3) is 2.32. The van der Waals surface area contributed by atoms with Crippen LogP contribution in [0.25, 0.3) is 16.9 Å². The van der Waals surface area contributed by atoms with Crippen LogP contribution in [0.15, 0.2) is 53.0 Å². The zero-order valence-electron chi connectivity index (χ0n) is 12.3. The number of hydrogen-bond donors (Lipinski definition) is 1. The third-order valence-corrected chi connectivity index (χ3v) is 4.55. The molecule has 0 unspecified atom stereocenters. The summed E-state index contributed by atoms with van der Waals surface area (Å²) in [7, 11) is 0. The largest absolute Gasteiger partial charge is 0.369 e. The Balaban J connectivity index is 1.92. The number of halogens is 1. The van der Waals surface area contributed by atoms with Crippen molar-refractivity contribution in [2.24, 2.45) is 0 Å². The summed E-state index contributed by atoms with van der Waals surface area (Å²) >= 11 is 3.47. The zero-order valence-corrected chi connectivity index (χ0v) is 13.8. The molecule has 1 aromatic heterocycles. The van der Waals surface area contributed by atoms with Gasteiger partial charge in [0, 0.05) is 22.1 Å². The average molecular weight is 365 g/mol. The van der Waals surface area contributed by atoms with Gasteiger partial charge in [-0.1, -0.05) is 40.2 Å². The fourth-order valence-corrected chi connectivity index (χ4v) is 3.21. The van der Waals surface area contributed by atoms with Crippen molar-refractivity contribution >= 4 is 21.7 Å². The highest BCUT2D eigenvalue weighted by atomic mass is 79.9. The first-order chi connectivity index (χ1) is 11.3.